The number of carboxylic acid groups (broad SMARTS) is 1. The van der Waals surface area contributed by atoms with Crippen LogP contribution in [0.2, 0.25) is 0 Å². The third-order valence-electron chi connectivity index (χ3n) is 2.38. The molecule has 0 atom stereocenters. The standard InChI is InChI=1S/C14H12BrNO4/c15-11-2-1-3-12(7-11)19-4-5-20-13-6-10(14(17)18)8-16-9-13/h1-3,6-9H,4-5H2,(H,17,18). The maximum Gasteiger partial charge on any atom is 0.337 e. The van der Waals surface area contributed by atoms with Gasteiger partial charge in [0, 0.05) is 10.7 Å². The molecule has 0 aliphatic rings. The minimum absolute atomic E-state index is 0.0930. The number of aromatic nitrogens is 1. The maximum absolute atomic E-state index is 10.8. The summed E-state index contributed by atoms with van der Waals surface area (Å²) >= 11 is 3.35. The lowest BCUT2D eigenvalue weighted by Crippen LogP contribution is -2.09. The molecule has 2 aromatic rings. The molecule has 0 amide bonds. The lowest BCUT2D eigenvalue weighted by atomic mass is 10.3. The molecular formula is C14H12BrNO4. The van der Waals surface area contributed by atoms with Gasteiger partial charge in [0.2, 0.25) is 0 Å². The highest BCUT2D eigenvalue weighted by Crippen LogP contribution is 2.17. The Labute approximate surface area is 124 Å². The van der Waals surface area contributed by atoms with Gasteiger partial charge in [0.1, 0.15) is 24.7 Å². The van der Waals surface area contributed by atoms with Crippen LogP contribution in [0.4, 0.5) is 0 Å². The third kappa shape index (κ3) is 4.24. The van der Waals surface area contributed by atoms with Crippen LogP contribution in [0.3, 0.4) is 0 Å². The summed E-state index contributed by atoms with van der Waals surface area (Å²) in [6.07, 6.45) is 2.73. The van der Waals surface area contributed by atoms with Crippen LogP contribution in [0.25, 0.3) is 0 Å². The van der Waals surface area contributed by atoms with E-state index in [1.807, 2.05) is 24.3 Å². The first-order valence-corrected chi connectivity index (χ1v) is 6.64. The monoisotopic (exact) mass is 337 g/mol. The number of pyridine rings is 1. The summed E-state index contributed by atoms with van der Waals surface area (Å²) in [7, 11) is 0. The molecule has 0 saturated carbocycles. The fraction of sp³-hybridized carbons (Fsp3) is 0.143. The van der Waals surface area contributed by atoms with Gasteiger partial charge in [0.15, 0.2) is 0 Å². The number of carbonyl (C=O) groups is 1. The minimum atomic E-state index is -1.03. The Morgan fingerprint density at radius 1 is 1.15 bits per heavy atom. The van der Waals surface area contributed by atoms with Crippen molar-refractivity contribution in [2.75, 3.05) is 13.2 Å². The van der Waals surface area contributed by atoms with Gasteiger partial charge in [0.25, 0.3) is 0 Å². The van der Waals surface area contributed by atoms with Crippen molar-refractivity contribution in [3.63, 3.8) is 0 Å². The molecule has 0 bridgehead atoms. The van der Waals surface area contributed by atoms with Gasteiger partial charge in [-0.1, -0.05) is 22.0 Å². The SMILES string of the molecule is O=C(O)c1cncc(OCCOc2cccc(Br)c2)c1. The Bertz CT molecular complexity index is 603. The van der Waals surface area contributed by atoms with E-state index < -0.39 is 5.97 Å². The molecular weight excluding hydrogens is 326 g/mol. The van der Waals surface area contributed by atoms with E-state index in [0.717, 1.165) is 10.2 Å². The summed E-state index contributed by atoms with van der Waals surface area (Å²) < 4.78 is 11.8. The highest BCUT2D eigenvalue weighted by Gasteiger charge is 2.04. The van der Waals surface area contributed by atoms with Gasteiger partial charge >= 0.3 is 5.97 Å². The Balaban J connectivity index is 1.81. The topological polar surface area (TPSA) is 68.7 Å². The van der Waals surface area contributed by atoms with Crippen molar-refractivity contribution in [3.8, 4) is 11.5 Å². The van der Waals surface area contributed by atoms with Crippen molar-refractivity contribution < 1.29 is 19.4 Å². The maximum atomic E-state index is 10.8. The smallest absolute Gasteiger partial charge is 0.337 e. The van der Waals surface area contributed by atoms with Crippen LogP contribution in [-0.2, 0) is 0 Å². The fourth-order valence-electron chi connectivity index (χ4n) is 1.49. The molecule has 1 aromatic heterocycles. The molecule has 5 nitrogen and oxygen atoms in total. The lowest BCUT2D eigenvalue weighted by molar-refractivity contribution is 0.0696. The molecule has 104 valence electrons. The quantitative estimate of drug-likeness (QED) is 0.820. The molecule has 2 rings (SSSR count). The minimum Gasteiger partial charge on any atom is -0.490 e. The summed E-state index contributed by atoms with van der Waals surface area (Å²) in [6.45, 7) is 0.658. The van der Waals surface area contributed by atoms with E-state index in [0.29, 0.717) is 19.0 Å². The fourth-order valence-corrected chi connectivity index (χ4v) is 1.87. The van der Waals surface area contributed by atoms with Crippen molar-refractivity contribution in [3.05, 3.63) is 52.8 Å². The number of ether oxygens (including phenoxy) is 2. The average Bonchev–Trinajstić information content (AvgIpc) is 2.44. The predicted octanol–water partition coefficient (Wildman–Crippen LogP) is 3.00. The van der Waals surface area contributed by atoms with E-state index in [1.54, 1.807) is 0 Å². The van der Waals surface area contributed by atoms with Crippen molar-refractivity contribution in [2.24, 2.45) is 0 Å². The summed E-state index contributed by atoms with van der Waals surface area (Å²) in [4.78, 5) is 14.6. The van der Waals surface area contributed by atoms with Crippen LogP contribution in [0.1, 0.15) is 10.4 Å². The third-order valence-corrected chi connectivity index (χ3v) is 2.87. The molecule has 0 saturated heterocycles. The van der Waals surface area contributed by atoms with Crippen LogP contribution in [0, 0.1) is 0 Å². The second-order valence-corrected chi connectivity index (χ2v) is 4.78. The van der Waals surface area contributed by atoms with Crippen LogP contribution in [-0.4, -0.2) is 29.3 Å². The van der Waals surface area contributed by atoms with Crippen molar-refractivity contribution in [2.45, 2.75) is 0 Å². The number of hydrogen-bond acceptors (Lipinski definition) is 4. The first kappa shape index (κ1) is 14.3. The lowest BCUT2D eigenvalue weighted by Gasteiger charge is -2.08. The van der Waals surface area contributed by atoms with Crippen molar-refractivity contribution in [1.82, 2.24) is 4.98 Å². The first-order valence-electron chi connectivity index (χ1n) is 5.84. The van der Waals surface area contributed by atoms with Gasteiger partial charge in [-0.25, -0.2) is 4.79 Å². The zero-order chi connectivity index (χ0) is 14.4. The van der Waals surface area contributed by atoms with Crippen LogP contribution < -0.4 is 9.47 Å². The van der Waals surface area contributed by atoms with Gasteiger partial charge in [-0.15, -0.1) is 0 Å². The molecule has 0 fully saturated rings. The molecule has 1 N–H and O–H groups in total. The van der Waals surface area contributed by atoms with E-state index in [1.165, 1.54) is 18.5 Å². The molecule has 0 radical (unpaired) electrons. The summed E-state index contributed by atoms with van der Waals surface area (Å²) in [5.74, 6) is 0.108. The molecule has 20 heavy (non-hydrogen) atoms. The van der Waals surface area contributed by atoms with Gasteiger partial charge in [-0.3, -0.25) is 4.98 Å². The van der Waals surface area contributed by atoms with Crippen molar-refractivity contribution >= 4 is 21.9 Å². The summed E-state index contributed by atoms with van der Waals surface area (Å²) in [5, 5.41) is 8.83. The second-order valence-electron chi connectivity index (χ2n) is 3.87. The van der Waals surface area contributed by atoms with Crippen LogP contribution in [0.15, 0.2) is 47.2 Å². The van der Waals surface area contributed by atoms with Crippen LogP contribution >= 0.6 is 15.9 Å². The van der Waals surface area contributed by atoms with E-state index in [9.17, 15) is 4.79 Å². The van der Waals surface area contributed by atoms with Gasteiger partial charge in [0.05, 0.1) is 11.8 Å². The van der Waals surface area contributed by atoms with Crippen LogP contribution in [0.5, 0.6) is 11.5 Å². The predicted molar refractivity (Wildman–Crippen MR) is 76.3 cm³/mol. The number of rotatable bonds is 6. The largest absolute Gasteiger partial charge is 0.490 e. The van der Waals surface area contributed by atoms with Crippen molar-refractivity contribution in [1.29, 1.82) is 0 Å². The molecule has 6 heteroatoms. The normalized spacial score (nSPS) is 10.1. The first-order chi connectivity index (χ1) is 9.65. The molecule has 0 aliphatic carbocycles. The van der Waals surface area contributed by atoms with Gasteiger partial charge in [-0.05, 0) is 24.3 Å². The molecule has 0 spiro atoms. The Morgan fingerprint density at radius 2 is 1.90 bits per heavy atom. The van der Waals surface area contributed by atoms with E-state index >= 15 is 0 Å². The van der Waals surface area contributed by atoms with E-state index in [-0.39, 0.29) is 5.56 Å². The summed E-state index contributed by atoms with van der Waals surface area (Å²) in [6, 6.07) is 8.91. The number of carboxylic acids is 1. The molecule has 0 aliphatic heterocycles. The number of nitrogens with zero attached hydrogens (tertiary/aromatic N) is 1. The number of hydrogen-bond donors (Lipinski definition) is 1. The van der Waals surface area contributed by atoms with E-state index in [2.05, 4.69) is 20.9 Å². The molecule has 1 heterocycles. The average molecular weight is 338 g/mol. The Hall–Kier alpha value is -2.08. The highest BCUT2D eigenvalue weighted by molar-refractivity contribution is 9.10. The zero-order valence-corrected chi connectivity index (χ0v) is 12.0. The number of halogens is 1. The van der Waals surface area contributed by atoms with Gasteiger partial charge < -0.3 is 14.6 Å². The number of aromatic carboxylic acids is 1. The van der Waals surface area contributed by atoms with E-state index in [4.69, 9.17) is 14.6 Å². The zero-order valence-electron chi connectivity index (χ0n) is 10.5. The second kappa shape index (κ2) is 6.91. The Kier molecular flexibility index (Phi) is 4.95. The highest BCUT2D eigenvalue weighted by atomic mass is 79.9. The Morgan fingerprint density at radius 3 is 2.60 bits per heavy atom. The summed E-state index contributed by atoms with van der Waals surface area (Å²) in [5.41, 5.74) is 0.0930. The number of benzene rings is 1. The molecule has 0 unspecified atom stereocenters. The molecule has 1 aromatic carbocycles. The van der Waals surface area contributed by atoms with Gasteiger partial charge in [-0.2, -0.15) is 0 Å².